The Morgan fingerprint density at radius 1 is 0.561 bits per heavy atom. The Kier molecular flexibility index (Phi) is 32.9. The fourth-order valence-corrected chi connectivity index (χ4v) is 5.65. The summed E-state index contributed by atoms with van der Waals surface area (Å²) in [7, 11) is 0. The van der Waals surface area contributed by atoms with Gasteiger partial charge in [-0.15, -0.1) is 0 Å². The van der Waals surface area contributed by atoms with Crippen LogP contribution in [0.2, 0.25) is 0 Å². The molecule has 0 spiro atoms. The van der Waals surface area contributed by atoms with Crippen LogP contribution in [0.25, 0.3) is 0 Å². The number of nitrogens with one attached hydrogen (secondary N) is 1. The normalized spacial score (nSPS) is 13.2. The van der Waals surface area contributed by atoms with Crippen LogP contribution in [0.1, 0.15) is 200 Å². The molecular formula is C37H73NO3. The van der Waals surface area contributed by atoms with Crippen LogP contribution in [0.4, 0.5) is 0 Å². The highest BCUT2D eigenvalue weighted by atomic mass is 16.3. The number of unbranched alkanes of at least 4 members (excludes halogenated alkanes) is 24. The van der Waals surface area contributed by atoms with Crippen molar-refractivity contribution in [2.24, 2.45) is 0 Å². The van der Waals surface area contributed by atoms with E-state index in [2.05, 4.69) is 31.3 Å². The van der Waals surface area contributed by atoms with Crippen LogP contribution in [0.15, 0.2) is 12.2 Å². The molecule has 0 aliphatic rings. The van der Waals surface area contributed by atoms with Crippen molar-refractivity contribution < 1.29 is 15.0 Å². The smallest absolute Gasteiger partial charge is 0.220 e. The third-order valence-corrected chi connectivity index (χ3v) is 8.53. The minimum absolute atomic E-state index is 0.0401. The summed E-state index contributed by atoms with van der Waals surface area (Å²) in [5.41, 5.74) is 0. The van der Waals surface area contributed by atoms with E-state index in [0.717, 1.165) is 25.7 Å². The van der Waals surface area contributed by atoms with E-state index in [1.54, 1.807) is 0 Å². The van der Waals surface area contributed by atoms with E-state index >= 15 is 0 Å². The molecular weight excluding hydrogens is 506 g/mol. The van der Waals surface area contributed by atoms with E-state index in [1.807, 2.05) is 0 Å². The van der Waals surface area contributed by atoms with Crippen LogP contribution >= 0.6 is 0 Å². The van der Waals surface area contributed by atoms with Crippen molar-refractivity contribution in [1.82, 2.24) is 5.32 Å². The lowest BCUT2D eigenvalue weighted by Gasteiger charge is -2.22. The molecule has 0 rings (SSSR count). The SMILES string of the molecule is CCCCCCCC/C=C\CCCCCCCC(=O)NC(CO)C(O)CCCCCCCCCCCCCCCC. The Labute approximate surface area is 256 Å². The van der Waals surface area contributed by atoms with E-state index in [1.165, 1.54) is 148 Å². The maximum absolute atomic E-state index is 12.3. The maximum atomic E-state index is 12.3. The van der Waals surface area contributed by atoms with Gasteiger partial charge in [0.1, 0.15) is 0 Å². The molecule has 0 saturated carbocycles. The summed E-state index contributed by atoms with van der Waals surface area (Å²) < 4.78 is 0. The maximum Gasteiger partial charge on any atom is 0.220 e. The van der Waals surface area contributed by atoms with E-state index in [0.29, 0.717) is 12.8 Å². The zero-order valence-corrected chi connectivity index (χ0v) is 27.8. The monoisotopic (exact) mass is 580 g/mol. The summed E-state index contributed by atoms with van der Waals surface area (Å²) in [6.45, 7) is 4.34. The third-order valence-electron chi connectivity index (χ3n) is 8.53. The van der Waals surface area contributed by atoms with Gasteiger partial charge in [-0.2, -0.15) is 0 Å². The highest BCUT2D eigenvalue weighted by Crippen LogP contribution is 2.15. The van der Waals surface area contributed by atoms with Gasteiger partial charge in [-0.25, -0.2) is 0 Å². The first-order valence-corrected chi connectivity index (χ1v) is 18.4. The van der Waals surface area contributed by atoms with E-state index in [-0.39, 0.29) is 12.5 Å². The van der Waals surface area contributed by atoms with Crippen molar-refractivity contribution >= 4 is 5.91 Å². The highest BCUT2D eigenvalue weighted by molar-refractivity contribution is 5.76. The molecule has 0 aromatic rings. The predicted molar refractivity (Wildman–Crippen MR) is 179 cm³/mol. The lowest BCUT2D eigenvalue weighted by Crippen LogP contribution is -2.45. The van der Waals surface area contributed by atoms with Crippen LogP contribution in [0.3, 0.4) is 0 Å². The Bertz CT molecular complexity index is 550. The molecule has 0 aliphatic carbocycles. The largest absolute Gasteiger partial charge is 0.394 e. The zero-order chi connectivity index (χ0) is 30.1. The molecule has 41 heavy (non-hydrogen) atoms. The summed E-state index contributed by atoms with van der Waals surface area (Å²) in [5, 5.41) is 23.0. The lowest BCUT2D eigenvalue weighted by atomic mass is 10.0. The Balaban J connectivity index is 3.57. The van der Waals surface area contributed by atoms with E-state index in [9.17, 15) is 15.0 Å². The first-order valence-electron chi connectivity index (χ1n) is 18.4. The zero-order valence-electron chi connectivity index (χ0n) is 27.8. The molecule has 0 aromatic heterocycles. The molecule has 0 heterocycles. The average molecular weight is 580 g/mol. The standard InChI is InChI=1S/C37H73NO3/c1-3-5-7-9-11-13-15-17-19-21-23-25-27-29-31-33-37(41)38-35(34-39)36(40)32-30-28-26-24-22-20-18-16-14-12-10-8-6-4-2/h17,19,35-36,39-40H,3-16,18,20-34H2,1-2H3,(H,38,41)/b19-17-. The number of hydrogen-bond donors (Lipinski definition) is 3. The molecule has 0 saturated heterocycles. The van der Waals surface area contributed by atoms with Gasteiger partial charge in [-0.1, -0.05) is 167 Å². The van der Waals surface area contributed by atoms with Gasteiger partial charge in [-0.3, -0.25) is 4.79 Å². The second-order valence-electron chi connectivity index (χ2n) is 12.6. The van der Waals surface area contributed by atoms with Gasteiger partial charge in [0.2, 0.25) is 5.91 Å². The number of hydrogen-bond acceptors (Lipinski definition) is 3. The highest BCUT2D eigenvalue weighted by Gasteiger charge is 2.19. The van der Waals surface area contributed by atoms with Crippen molar-refractivity contribution in [2.45, 2.75) is 212 Å². The van der Waals surface area contributed by atoms with Crippen molar-refractivity contribution in [3.63, 3.8) is 0 Å². The van der Waals surface area contributed by atoms with E-state index in [4.69, 9.17) is 0 Å². The van der Waals surface area contributed by atoms with Crippen LogP contribution in [-0.2, 0) is 4.79 Å². The van der Waals surface area contributed by atoms with Crippen molar-refractivity contribution in [3.05, 3.63) is 12.2 Å². The molecule has 3 N–H and O–H groups in total. The molecule has 0 bridgehead atoms. The topological polar surface area (TPSA) is 69.6 Å². The molecule has 0 radical (unpaired) electrons. The van der Waals surface area contributed by atoms with Crippen LogP contribution in [-0.4, -0.2) is 34.9 Å². The summed E-state index contributed by atoms with van der Waals surface area (Å²) in [5.74, 6) is -0.0401. The van der Waals surface area contributed by atoms with Gasteiger partial charge in [-0.05, 0) is 38.5 Å². The van der Waals surface area contributed by atoms with Gasteiger partial charge in [0, 0.05) is 6.42 Å². The molecule has 2 atom stereocenters. The Morgan fingerprint density at radius 2 is 0.927 bits per heavy atom. The lowest BCUT2D eigenvalue weighted by molar-refractivity contribution is -0.123. The van der Waals surface area contributed by atoms with Crippen molar-refractivity contribution in [1.29, 1.82) is 0 Å². The molecule has 4 heteroatoms. The second kappa shape index (κ2) is 33.6. The minimum atomic E-state index is -0.657. The molecule has 4 nitrogen and oxygen atoms in total. The third kappa shape index (κ3) is 30.4. The first kappa shape index (κ1) is 40.1. The fourth-order valence-electron chi connectivity index (χ4n) is 5.65. The van der Waals surface area contributed by atoms with Crippen molar-refractivity contribution in [3.8, 4) is 0 Å². The number of carbonyl (C=O) groups is 1. The Morgan fingerprint density at radius 3 is 1.34 bits per heavy atom. The van der Waals surface area contributed by atoms with Crippen LogP contribution in [0.5, 0.6) is 0 Å². The Hall–Kier alpha value is -0.870. The molecule has 244 valence electrons. The molecule has 0 aliphatic heterocycles. The summed E-state index contributed by atoms with van der Waals surface area (Å²) in [6.07, 6.45) is 39.7. The molecule has 0 aromatic carbocycles. The fraction of sp³-hybridized carbons (Fsp3) is 0.919. The second-order valence-corrected chi connectivity index (χ2v) is 12.6. The van der Waals surface area contributed by atoms with Crippen LogP contribution in [0, 0.1) is 0 Å². The van der Waals surface area contributed by atoms with Gasteiger partial charge in [0.25, 0.3) is 0 Å². The predicted octanol–water partition coefficient (Wildman–Crippen LogP) is 10.7. The molecule has 1 amide bonds. The number of rotatable bonds is 33. The van der Waals surface area contributed by atoms with Crippen LogP contribution < -0.4 is 5.32 Å². The summed E-state index contributed by atoms with van der Waals surface area (Å²) in [4.78, 5) is 12.3. The average Bonchev–Trinajstić information content (AvgIpc) is 2.97. The van der Waals surface area contributed by atoms with Gasteiger partial charge >= 0.3 is 0 Å². The minimum Gasteiger partial charge on any atom is -0.394 e. The number of carbonyl (C=O) groups excluding carboxylic acids is 1. The van der Waals surface area contributed by atoms with Gasteiger partial charge < -0.3 is 15.5 Å². The van der Waals surface area contributed by atoms with Gasteiger partial charge in [0.15, 0.2) is 0 Å². The number of aliphatic hydroxyl groups excluding tert-OH is 2. The molecule has 2 unspecified atom stereocenters. The number of allylic oxidation sites excluding steroid dienone is 2. The van der Waals surface area contributed by atoms with Gasteiger partial charge in [0.05, 0.1) is 18.8 Å². The summed E-state index contributed by atoms with van der Waals surface area (Å²) in [6, 6.07) is -0.535. The molecule has 0 fully saturated rings. The van der Waals surface area contributed by atoms with Crippen molar-refractivity contribution in [2.75, 3.05) is 6.61 Å². The number of aliphatic hydroxyl groups is 2. The first-order chi connectivity index (χ1) is 20.2. The summed E-state index contributed by atoms with van der Waals surface area (Å²) >= 11 is 0. The quantitative estimate of drug-likeness (QED) is 0.0535. The van der Waals surface area contributed by atoms with E-state index < -0.39 is 12.1 Å². The number of amides is 1.